The number of thioether (sulfide) groups is 1. The lowest BCUT2D eigenvalue weighted by Gasteiger charge is -2.07. The smallest absolute Gasteiger partial charge is 0.264 e. The molecule has 8 heteroatoms. The van der Waals surface area contributed by atoms with Gasteiger partial charge in [-0.15, -0.1) is 10.2 Å². The maximum Gasteiger partial charge on any atom is 0.264 e. The zero-order valence-corrected chi connectivity index (χ0v) is 17.2. The number of amides is 1. The Balaban J connectivity index is 1.47. The molecule has 3 rings (SSSR count). The average molecular weight is 450 g/mol. The summed E-state index contributed by atoms with van der Waals surface area (Å²) < 4.78 is 7.32. The van der Waals surface area contributed by atoms with E-state index in [1.54, 1.807) is 11.8 Å². The van der Waals surface area contributed by atoms with Gasteiger partial charge < -0.3 is 4.74 Å². The molecule has 0 saturated carbocycles. The Hall–Kier alpha value is -1.90. The van der Waals surface area contributed by atoms with E-state index < -0.39 is 0 Å². The van der Waals surface area contributed by atoms with Crippen LogP contribution in [-0.2, 0) is 10.5 Å². The second kappa shape index (κ2) is 9.16. The largest absolute Gasteiger partial charge is 0.484 e. The van der Waals surface area contributed by atoms with Crippen LogP contribution in [0.1, 0.15) is 11.1 Å². The number of carbonyl (C=O) groups is 1. The number of aromatic nitrogens is 2. The number of benzene rings is 2. The first-order chi connectivity index (χ1) is 12.6. The fourth-order valence-electron chi connectivity index (χ4n) is 2.05. The number of hydrogen-bond acceptors (Lipinski definition) is 6. The molecule has 1 heterocycles. The molecular weight excluding hydrogens is 434 g/mol. The molecule has 0 aliphatic rings. The van der Waals surface area contributed by atoms with Gasteiger partial charge in [0, 0.05) is 10.2 Å². The Morgan fingerprint density at radius 2 is 2.04 bits per heavy atom. The third-order valence-corrected chi connectivity index (χ3v) is 6.29. The highest BCUT2D eigenvalue weighted by Crippen LogP contribution is 2.28. The van der Waals surface area contributed by atoms with E-state index in [1.807, 2.05) is 43.3 Å². The minimum Gasteiger partial charge on any atom is -0.484 e. The summed E-state index contributed by atoms with van der Waals surface area (Å²) in [6.07, 6.45) is 0. The highest BCUT2D eigenvalue weighted by Gasteiger charge is 2.10. The van der Waals surface area contributed by atoms with E-state index in [0.717, 1.165) is 20.1 Å². The van der Waals surface area contributed by atoms with Crippen molar-refractivity contribution in [3.8, 4) is 5.75 Å². The van der Waals surface area contributed by atoms with Crippen molar-refractivity contribution < 1.29 is 9.53 Å². The van der Waals surface area contributed by atoms with Crippen LogP contribution in [0.5, 0.6) is 5.75 Å². The van der Waals surface area contributed by atoms with Gasteiger partial charge in [-0.2, -0.15) is 0 Å². The number of nitrogens with one attached hydrogen (secondary N) is 1. The second-order valence-corrected chi connectivity index (χ2v) is 8.45. The monoisotopic (exact) mass is 449 g/mol. The minimum absolute atomic E-state index is 0.0762. The molecule has 0 saturated heterocycles. The first kappa shape index (κ1) is 18.9. The lowest BCUT2D eigenvalue weighted by atomic mass is 10.2. The Kier molecular flexibility index (Phi) is 6.65. The normalized spacial score (nSPS) is 10.5. The van der Waals surface area contributed by atoms with Gasteiger partial charge in [-0.3, -0.25) is 10.1 Å². The van der Waals surface area contributed by atoms with E-state index in [1.165, 1.54) is 16.9 Å². The van der Waals surface area contributed by atoms with Crippen LogP contribution in [0.25, 0.3) is 0 Å². The van der Waals surface area contributed by atoms with Gasteiger partial charge in [0.2, 0.25) is 5.13 Å². The number of anilines is 1. The highest BCUT2D eigenvalue weighted by atomic mass is 79.9. The summed E-state index contributed by atoms with van der Waals surface area (Å²) in [7, 11) is 0. The van der Waals surface area contributed by atoms with Gasteiger partial charge in [0.05, 0.1) is 0 Å². The molecule has 0 atom stereocenters. The number of aryl methyl sites for hydroxylation is 1. The van der Waals surface area contributed by atoms with E-state index in [4.69, 9.17) is 4.74 Å². The van der Waals surface area contributed by atoms with Crippen LogP contribution < -0.4 is 10.1 Å². The number of rotatable bonds is 7. The molecular formula is C18H16BrN3O2S2. The second-order valence-electron chi connectivity index (χ2n) is 5.40. The summed E-state index contributed by atoms with van der Waals surface area (Å²) in [6.45, 7) is 1.89. The maximum absolute atomic E-state index is 12.0. The Labute approximate surface area is 168 Å². The third kappa shape index (κ3) is 5.55. The van der Waals surface area contributed by atoms with Crippen molar-refractivity contribution in [1.82, 2.24) is 10.2 Å². The van der Waals surface area contributed by atoms with E-state index in [2.05, 4.69) is 43.6 Å². The van der Waals surface area contributed by atoms with Crippen LogP contribution in [-0.4, -0.2) is 22.7 Å². The van der Waals surface area contributed by atoms with Gasteiger partial charge in [0.25, 0.3) is 5.91 Å². The number of hydrogen-bond donors (Lipinski definition) is 1. The van der Waals surface area contributed by atoms with E-state index in [9.17, 15) is 4.79 Å². The third-order valence-electron chi connectivity index (χ3n) is 3.36. The van der Waals surface area contributed by atoms with Crippen molar-refractivity contribution in [2.45, 2.75) is 17.0 Å². The lowest BCUT2D eigenvalue weighted by Crippen LogP contribution is -2.20. The SMILES string of the molecule is Cc1cc(OCC(=O)Nc2nnc(SCc3ccccc3)s2)ccc1Br. The Morgan fingerprint density at radius 3 is 2.81 bits per heavy atom. The van der Waals surface area contributed by atoms with Crippen molar-refractivity contribution in [2.24, 2.45) is 0 Å². The van der Waals surface area contributed by atoms with E-state index in [0.29, 0.717) is 10.9 Å². The maximum atomic E-state index is 12.0. The summed E-state index contributed by atoms with van der Waals surface area (Å²) in [5.41, 5.74) is 2.27. The highest BCUT2D eigenvalue weighted by molar-refractivity contribution is 9.10. The van der Waals surface area contributed by atoms with Gasteiger partial charge in [-0.1, -0.05) is 69.4 Å². The summed E-state index contributed by atoms with van der Waals surface area (Å²) in [6, 6.07) is 15.7. The lowest BCUT2D eigenvalue weighted by molar-refractivity contribution is -0.118. The quantitative estimate of drug-likeness (QED) is 0.409. The molecule has 5 nitrogen and oxygen atoms in total. The van der Waals surface area contributed by atoms with Gasteiger partial charge in [0.15, 0.2) is 10.9 Å². The molecule has 134 valence electrons. The number of carbonyl (C=O) groups excluding carboxylic acids is 1. The van der Waals surface area contributed by atoms with E-state index in [-0.39, 0.29) is 12.5 Å². The van der Waals surface area contributed by atoms with Gasteiger partial charge in [-0.25, -0.2) is 0 Å². The predicted octanol–water partition coefficient (Wildman–Crippen LogP) is 4.92. The van der Waals surface area contributed by atoms with Crippen molar-refractivity contribution in [3.63, 3.8) is 0 Å². The molecule has 0 aliphatic heterocycles. The first-order valence-electron chi connectivity index (χ1n) is 7.79. The predicted molar refractivity (Wildman–Crippen MR) is 109 cm³/mol. The topological polar surface area (TPSA) is 64.1 Å². The summed E-state index contributed by atoms with van der Waals surface area (Å²) in [5.74, 6) is 1.20. The van der Waals surface area contributed by atoms with Crippen LogP contribution in [0.15, 0.2) is 57.3 Å². The molecule has 0 bridgehead atoms. The fourth-order valence-corrected chi connectivity index (χ4v) is 4.02. The van der Waals surface area contributed by atoms with Gasteiger partial charge in [0.1, 0.15) is 5.75 Å². The molecule has 0 spiro atoms. The number of nitrogens with zero attached hydrogens (tertiary/aromatic N) is 2. The molecule has 1 amide bonds. The Morgan fingerprint density at radius 1 is 1.23 bits per heavy atom. The van der Waals surface area contributed by atoms with Gasteiger partial charge in [-0.05, 0) is 36.2 Å². The zero-order chi connectivity index (χ0) is 18.4. The molecule has 2 aromatic carbocycles. The average Bonchev–Trinajstić information content (AvgIpc) is 3.09. The zero-order valence-electron chi connectivity index (χ0n) is 13.9. The van der Waals surface area contributed by atoms with Crippen LogP contribution in [0.4, 0.5) is 5.13 Å². The van der Waals surface area contributed by atoms with E-state index >= 15 is 0 Å². The molecule has 0 aliphatic carbocycles. The summed E-state index contributed by atoms with van der Waals surface area (Å²) in [4.78, 5) is 12.0. The summed E-state index contributed by atoms with van der Waals surface area (Å²) in [5, 5.41) is 11.3. The molecule has 0 radical (unpaired) electrons. The minimum atomic E-state index is -0.263. The Bertz CT molecular complexity index is 887. The van der Waals surface area contributed by atoms with Crippen molar-refractivity contribution in [1.29, 1.82) is 0 Å². The fraction of sp³-hybridized carbons (Fsp3) is 0.167. The van der Waals surface area contributed by atoms with Crippen LogP contribution in [0, 0.1) is 6.92 Å². The summed E-state index contributed by atoms with van der Waals surface area (Å²) >= 11 is 6.38. The van der Waals surface area contributed by atoms with Gasteiger partial charge >= 0.3 is 0 Å². The molecule has 26 heavy (non-hydrogen) atoms. The standard InChI is InChI=1S/C18H16BrN3O2S2/c1-12-9-14(7-8-15(12)19)24-10-16(23)20-17-21-22-18(26-17)25-11-13-5-3-2-4-6-13/h2-9H,10-11H2,1H3,(H,20,21,23). The molecule has 3 aromatic rings. The molecule has 1 N–H and O–H groups in total. The molecule has 1 aromatic heterocycles. The molecule has 0 unspecified atom stereocenters. The van der Waals surface area contributed by atoms with Crippen molar-refractivity contribution in [2.75, 3.05) is 11.9 Å². The van der Waals surface area contributed by atoms with Crippen LogP contribution >= 0.6 is 39.0 Å². The van der Waals surface area contributed by atoms with Crippen LogP contribution in [0.3, 0.4) is 0 Å². The number of halogens is 1. The van der Waals surface area contributed by atoms with Crippen molar-refractivity contribution >= 4 is 50.1 Å². The van der Waals surface area contributed by atoms with Crippen molar-refractivity contribution in [3.05, 3.63) is 64.1 Å². The van der Waals surface area contributed by atoms with Crippen LogP contribution in [0.2, 0.25) is 0 Å². The number of ether oxygens (including phenoxy) is 1. The molecule has 0 fully saturated rings. The first-order valence-corrected chi connectivity index (χ1v) is 10.4.